The SMILES string of the molecule is O=C(Nc1ncc(Cc2ccccc2)s1)N[C@H]1C[C@@H]1c1ccccc1. The molecule has 1 aliphatic carbocycles. The number of carbonyl (C=O) groups excluding carboxylic acids is 1. The zero-order valence-electron chi connectivity index (χ0n) is 13.7. The van der Waals surface area contributed by atoms with Crippen LogP contribution in [0.25, 0.3) is 0 Å². The van der Waals surface area contributed by atoms with Crippen molar-refractivity contribution in [3.8, 4) is 0 Å². The van der Waals surface area contributed by atoms with Gasteiger partial charge in [0, 0.05) is 29.5 Å². The molecule has 1 heterocycles. The number of hydrogen-bond donors (Lipinski definition) is 2. The second-order valence-electron chi connectivity index (χ2n) is 6.25. The average molecular weight is 349 g/mol. The lowest BCUT2D eigenvalue weighted by Crippen LogP contribution is -2.31. The van der Waals surface area contributed by atoms with Gasteiger partial charge in [-0.05, 0) is 17.5 Å². The van der Waals surface area contributed by atoms with Crippen LogP contribution in [-0.2, 0) is 6.42 Å². The van der Waals surface area contributed by atoms with E-state index in [1.54, 1.807) is 0 Å². The minimum absolute atomic E-state index is 0.177. The van der Waals surface area contributed by atoms with Crippen molar-refractivity contribution in [2.75, 3.05) is 5.32 Å². The van der Waals surface area contributed by atoms with E-state index < -0.39 is 0 Å². The maximum absolute atomic E-state index is 12.2. The van der Waals surface area contributed by atoms with Crippen LogP contribution in [0.15, 0.2) is 66.9 Å². The first-order valence-corrected chi connectivity index (χ1v) is 9.21. The van der Waals surface area contributed by atoms with E-state index in [2.05, 4.69) is 39.9 Å². The van der Waals surface area contributed by atoms with Gasteiger partial charge >= 0.3 is 6.03 Å². The first kappa shape index (κ1) is 15.8. The fraction of sp³-hybridized carbons (Fsp3) is 0.200. The summed E-state index contributed by atoms with van der Waals surface area (Å²) >= 11 is 1.52. The topological polar surface area (TPSA) is 54.0 Å². The quantitative estimate of drug-likeness (QED) is 0.717. The van der Waals surface area contributed by atoms with Crippen LogP contribution in [-0.4, -0.2) is 17.1 Å². The van der Waals surface area contributed by atoms with Crippen LogP contribution in [0, 0.1) is 0 Å². The predicted molar refractivity (Wildman–Crippen MR) is 101 cm³/mol. The summed E-state index contributed by atoms with van der Waals surface area (Å²) in [6, 6.07) is 20.6. The summed E-state index contributed by atoms with van der Waals surface area (Å²) in [5.41, 5.74) is 2.53. The summed E-state index contributed by atoms with van der Waals surface area (Å²) in [6.45, 7) is 0. The van der Waals surface area contributed by atoms with Gasteiger partial charge in [-0.1, -0.05) is 60.7 Å². The highest BCUT2D eigenvalue weighted by atomic mass is 32.1. The summed E-state index contributed by atoms with van der Waals surface area (Å²) in [6.07, 6.45) is 3.66. The van der Waals surface area contributed by atoms with E-state index in [4.69, 9.17) is 0 Å². The second-order valence-corrected chi connectivity index (χ2v) is 7.37. The lowest BCUT2D eigenvalue weighted by molar-refractivity contribution is 0.251. The van der Waals surface area contributed by atoms with E-state index in [1.165, 1.54) is 22.5 Å². The van der Waals surface area contributed by atoms with E-state index in [1.807, 2.05) is 42.6 Å². The first-order valence-electron chi connectivity index (χ1n) is 8.39. The standard InChI is InChI=1S/C20H19N3OS/c24-19(22-18-12-17(18)15-9-5-2-6-10-15)23-20-21-13-16(25-20)11-14-7-3-1-4-8-14/h1-10,13,17-18H,11-12H2,(H2,21,22,23,24)/t17-,18+/m1/s1. The molecule has 1 aromatic heterocycles. The van der Waals surface area contributed by atoms with Crippen molar-refractivity contribution >= 4 is 22.5 Å². The molecule has 5 heteroatoms. The zero-order chi connectivity index (χ0) is 17.1. The lowest BCUT2D eigenvalue weighted by Gasteiger charge is -2.05. The van der Waals surface area contributed by atoms with Gasteiger partial charge in [-0.3, -0.25) is 5.32 Å². The molecule has 0 aliphatic heterocycles. The van der Waals surface area contributed by atoms with Gasteiger partial charge in [0.2, 0.25) is 0 Å². The highest BCUT2D eigenvalue weighted by Gasteiger charge is 2.39. The Labute approximate surface area is 150 Å². The number of nitrogens with one attached hydrogen (secondary N) is 2. The van der Waals surface area contributed by atoms with Crippen LogP contribution in [0.5, 0.6) is 0 Å². The second kappa shape index (κ2) is 7.07. The highest BCUT2D eigenvalue weighted by Crippen LogP contribution is 2.40. The number of nitrogens with zero attached hydrogens (tertiary/aromatic N) is 1. The van der Waals surface area contributed by atoms with Crippen molar-refractivity contribution in [2.45, 2.75) is 24.8 Å². The van der Waals surface area contributed by atoms with E-state index in [0.29, 0.717) is 11.0 Å². The minimum Gasteiger partial charge on any atom is -0.334 e. The highest BCUT2D eigenvalue weighted by molar-refractivity contribution is 7.15. The Hall–Kier alpha value is -2.66. The molecule has 1 aliphatic rings. The molecule has 2 amide bonds. The average Bonchev–Trinajstić information content (AvgIpc) is 3.26. The summed E-state index contributed by atoms with van der Waals surface area (Å²) in [4.78, 5) is 17.6. The van der Waals surface area contributed by atoms with Crippen molar-refractivity contribution in [1.82, 2.24) is 10.3 Å². The van der Waals surface area contributed by atoms with Gasteiger partial charge in [-0.2, -0.15) is 0 Å². The Morgan fingerprint density at radius 2 is 1.80 bits per heavy atom. The Bertz CT molecular complexity index is 848. The number of rotatable bonds is 5. The molecule has 0 spiro atoms. The molecule has 2 N–H and O–H groups in total. The Morgan fingerprint density at radius 1 is 1.08 bits per heavy atom. The molecule has 3 aromatic rings. The molecule has 0 saturated heterocycles. The van der Waals surface area contributed by atoms with Crippen molar-refractivity contribution in [3.05, 3.63) is 82.9 Å². The van der Waals surface area contributed by atoms with Crippen LogP contribution >= 0.6 is 11.3 Å². The number of benzene rings is 2. The molecule has 0 radical (unpaired) electrons. The van der Waals surface area contributed by atoms with E-state index >= 15 is 0 Å². The van der Waals surface area contributed by atoms with Crippen LogP contribution in [0.2, 0.25) is 0 Å². The largest absolute Gasteiger partial charge is 0.334 e. The molecule has 4 nitrogen and oxygen atoms in total. The molecule has 4 rings (SSSR count). The predicted octanol–water partition coefficient (Wildman–Crippen LogP) is 4.41. The maximum Gasteiger partial charge on any atom is 0.321 e. The van der Waals surface area contributed by atoms with Gasteiger partial charge in [-0.25, -0.2) is 9.78 Å². The van der Waals surface area contributed by atoms with Gasteiger partial charge < -0.3 is 5.32 Å². The molecule has 0 unspecified atom stereocenters. The van der Waals surface area contributed by atoms with Crippen molar-refractivity contribution in [3.63, 3.8) is 0 Å². The number of urea groups is 1. The van der Waals surface area contributed by atoms with Gasteiger partial charge in [0.15, 0.2) is 5.13 Å². The summed E-state index contributed by atoms with van der Waals surface area (Å²) in [5.74, 6) is 0.428. The number of hydrogen-bond acceptors (Lipinski definition) is 3. The molecule has 2 aromatic carbocycles. The van der Waals surface area contributed by atoms with Gasteiger partial charge in [0.1, 0.15) is 0 Å². The fourth-order valence-corrected chi connectivity index (χ4v) is 3.81. The Kier molecular flexibility index (Phi) is 4.48. The number of amides is 2. The third-order valence-corrected chi connectivity index (χ3v) is 5.24. The van der Waals surface area contributed by atoms with Crippen molar-refractivity contribution < 1.29 is 4.79 Å². The molecule has 1 fully saturated rings. The van der Waals surface area contributed by atoms with Crippen LogP contribution in [0.1, 0.15) is 28.3 Å². The third-order valence-electron chi connectivity index (χ3n) is 4.33. The molecule has 0 bridgehead atoms. The molecule has 2 atom stereocenters. The van der Waals surface area contributed by atoms with Crippen LogP contribution in [0.3, 0.4) is 0 Å². The molecular weight excluding hydrogens is 330 g/mol. The Balaban J connectivity index is 1.29. The third kappa shape index (κ3) is 4.06. The van der Waals surface area contributed by atoms with Gasteiger partial charge in [0.25, 0.3) is 0 Å². The molecule has 126 valence electrons. The maximum atomic E-state index is 12.2. The number of anilines is 1. The van der Waals surface area contributed by atoms with E-state index in [-0.39, 0.29) is 12.1 Å². The van der Waals surface area contributed by atoms with E-state index in [0.717, 1.165) is 17.7 Å². The van der Waals surface area contributed by atoms with Crippen LogP contribution in [0.4, 0.5) is 9.93 Å². The number of thiazole rings is 1. The van der Waals surface area contributed by atoms with E-state index in [9.17, 15) is 4.79 Å². The van der Waals surface area contributed by atoms with Crippen molar-refractivity contribution in [1.29, 1.82) is 0 Å². The molecule has 1 saturated carbocycles. The Morgan fingerprint density at radius 3 is 2.56 bits per heavy atom. The summed E-state index contributed by atoms with van der Waals surface area (Å²) < 4.78 is 0. The zero-order valence-corrected chi connectivity index (χ0v) is 14.5. The van der Waals surface area contributed by atoms with Crippen molar-refractivity contribution in [2.24, 2.45) is 0 Å². The minimum atomic E-state index is -0.177. The summed E-state index contributed by atoms with van der Waals surface area (Å²) in [7, 11) is 0. The van der Waals surface area contributed by atoms with Crippen LogP contribution < -0.4 is 10.6 Å². The lowest BCUT2D eigenvalue weighted by atomic mass is 10.1. The first-order chi connectivity index (χ1) is 12.3. The number of carbonyl (C=O) groups is 1. The smallest absolute Gasteiger partial charge is 0.321 e. The van der Waals surface area contributed by atoms with Gasteiger partial charge in [-0.15, -0.1) is 11.3 Å². The monoisotopic (exact) mass is 349 g/mol. The summed E-state index contributed by atoms with van der Waals surface area (Å²) in [5, 5.41) is 6.51. The van der Waals surface area contributed by atoms with Gasteiger partial charge in [0.05, 0.1) is 0 Å². The number of aromatic nitrogens is 1. The molecular formula is C20H19N3OS. The normalized spacial score (nSPS) is 18.6. The molecule has 25 heavy (non-hydrogen) atoms. The fourth-order valence-electron chi connectivity index (χ4n) is 2.97.